The van der Waals surface area contributed by atoms with E-state index in [2.05, 4.69) is 11.6 Å². The predicted octanol–water partition coefficient (Wildman–Crippen LogP) is 2.14. The molecule has 7 heteroatoms. The zero-order valence-corrected chi connectivity index (χ0v) is 13.6. The van der Waals surface area contributed by atoms with E-state index < -0.39 is 10.0 Å². The first-order valence-electron chi connectivity index (χ1n) is 6.97. The van der Waals surface area contributed by atoms with E-state index in [4.69, 9.17) is 15.2 Å². The van der Waals surface area contributed by atoms with Crippen molar-refractivity contribution in [2.75, 3.05) is 26.5 Å². The van der Waals surface area contributed by atoms with Gasteiger partial charge in [-0.05, 0) is 12.5 Å². The number of benzene rings is 1. The number of rotatable bonds is 9. The van der Waals surface area contributed by atoms with E-state index in [1.807, 2.05) is 0 Å². The van der Waals surface area contributed by atoms with Gasteiger partial charge in [-0.25, -0.2) is 13.1 Å². The molecule has 1 aromatic rings. The third-order valence-electron chi connectivity index (χ3n) is 3.13. The van der Waals surface area contributed by atoms with Crippen LogP contribution in [-0.4, -0.2) is 29.2 Å². The van der Waals surface area contributed by atoms with Gasteiger partial charge in [0.05, 0.1) is 19.9 Å². The molecule has 0 fully saturated rings. The molecule has 0 saturated carbocycles. The van der Waals surface area contributed by atoms with Gasteiger partial charge in [0.2, 0.25) is 10.0 Å². The van der Waals surface area contributed by atoms with Gasteiger partial charge in [-0.2, -0.15) is 0 Å². The fraction of sp³-hybridized carbons (Fsp3) is 0.571. The summed E-state index contributed by atoms with van der Waals surface area (Å²) in [6.07, 6.45) is 4.01. The van der Waals surface area contributed by atoms with Crippen LogP contribution in [0.15, 0.2) is 17.0 Å². The number of unbranched alkanes of at least 4 members (excludes halogenated alkanes) is 3. The van der Waals surface area contributed by atoms with Crippen LogP contribution in [0, 0.1) is 0 Å². The first-order chi connectivity index (χ1) is 9.96. The smallest absolute Gasteiger partial charge is 0.244 e. The van der Waals surface area contributed by atoms with Gasteiger partial charge < -0.3 is 15.2 Å². The number of nitrogens with two attached hydrogens (primary N) is 1. The van der Waals surface area contributed by atoms with Crippen LogP contribution in [0.4, 0.5) is 5.69 Å². The molecule has 21 heavy (non-hydrogen) atoms. The minimum atomic E-state index is -3.65. The first-order valence-corrected chi connectivity index (χ1v) is 8.45. The Labute approximate surface area is 126 Å². The molecule has 0 aliphatic rings. The van der Waals surface area contributed by atoms with Gasteiger partial charge in [0, 0.05) is 12.6 Å². The summed E-state index contributed by atoms with van der Waals surface area (Å²) in [4.78, 5) is 0.0267. The van der Waals surface area contributed by atoms with Gasteiger partial charge in [-0.3, -0.25) is 0 Å². The van der Waals surface area contributed by atoms with Crippen molar-refractivity contribution in [2.45, 2.75) is 37.5 Å². The largest absolute Gasteiger partial charge is 0.495 e. The second kappa shape index (κ2) is 8.09. The average Bonchev–Trinajstić information content (AvgIpc) is 2.46. The van der Waals surface area contributed by atoms with Crippen LogP contribution < -0.4 is 19.9 Å². The lowest BCUT2D eigenvalue weighted by molar-refractivity contribution is 0.387. The molecule has 3 N–H and O–H groups in total. The number of methoxy groups -OCH3 is 2. The van der Waals surface area contributed by atoms with E-state index in [0.29, 0.717) is 12.3 Å². The molecule has 0 amide bonds. The Morgan fingerprint density at radius 3 is 2.33 bits per heavy atom. The molecule has 0 aromatic heterocycles. The normalized spacial score (nSPS) is 11.4. The summed E-state index contributed by atoms with van der Waals surface area (Å²) in [6.45, 7) is 2.51. The molecule has 0 atom stereocenters. The summed E-state index contributed by atoms with van der Waals surface area (Å²) in [5.74, 6) is 0.593. The molecule has 0 unspecified atom stereocenters. The molecule has 0 aliphatic carbocycles. The SMILES string of the molecule is CCCCCCNS(=O)(=O)c1cc(N)c(OC)cc1OC. The Kier molecular flexibility index (Phi) is 6.77. The highest BCUT2D eigenvalue weighted by molar-refractivity contribution is 7.89. The summed E-state index contributed by atoms with van der Waals surface area (Å²) < 4.78 is 37.4. The van der Waals surface area contributed by atoms with E-state index in [-0.39, 0.29) is 16.3 Å². The van der Waals surface area contributed by atoms with Crippen LogP contribution in [0.25, 0.3) is 0 Å². The first kappa shape index (κ1) is 17.6. The lowest BCUT2D eigenvalue weighted by Gasteiger charge is -2.13. The van der Waals surface area contributed by atoms with Gasteiger partial charge in [-0.15, -0.1) is 0 Å². The summed E-state index contributed by atoms with van der Waals surface area (Å²) in [5.41, 5.74) is 6.03. The van der Waals surface area contributed by atoms with E-state index in [0.717, 1.165) is 25.7 Å². The summed E-state index contributed by atoms with van der Waals surface area (Å²) >= 11 is 0. The number of hydrogen-bond donors (Lipinski definition) is 2. The van der Waals surface area contributed by atoms with Crippen molar-refractivity contribution in [3.63, 3.8) is 0 Å². The van der Waals surface area contributed by atoms with Gasteiger partial charge >= 0.3 is 0 Å². The molecular formula is C14H24N2O4S. The molecule has 0 radical (unpaired) electrons. The van der Waals surface area contributed by atoms with Crippen LogP contribution in [0.5, 0.6) is 11.5 Å². The van der Waals surface area contributed by atoms with Crippen LogP contribution in [-0.2, 0) is 10.0 Å². The molecule has 1 rings (SSSR count). The highest BCUT2D eigenvalue weighted by Crippen LogP contribution is 2.33. The monoisotopic (exact) mass is 316 g/mol. The zero-order valence-electron chi connectivity index (χ0n) is 12.8. The zero-order chi connectivity index (χ0) is 15.9. The second-order valence-electron chi connectivity index (χ2n) is 4.70. The maximum Gasteiger partial charge on any atom is 0.244 e. The van der Waals surface area contributed by atoms with Crippen molar-refractivity contribution >= 4 is 15.7 Å². The van der Waals surface area contributed by atoms with Crippen molar-refractivity contribution in [1.29, 1.82) is 0 Å². The van der Waals surface area contributed by atoms with Crippen LogP contribution in [0.3, 0.4) is 0 Å². The maximum absolute atomic E-state index is 12.3. The lowest BCUT2D eigenvalue weighted by atomic mass is 10.2. The van der Waals surface area contributed by atoms with Crippen LogP contribution >= 0.6 is 0 Å². The Hall–Kier alpha value is -1.47. The fourth-order valence-corrected chi connectivity index (χ4v) is 3.20. The van der Waals surface area contributed by atoms with Gasteiger partial charge in [0.25, 0.3) is 0 Å². The maximum atomic E-state index is 12.3. The number of ether oxygens (including phenoxy) is 2. The minimum absolute atomic E-state index is 0.0267. The lowest BCUT2D eigenvalue weighted by Crippen LogP contribution is -2.25. The topological polar surface area (TPSA) is 90.7 Å². The Bertz CT molecular complexity index is 558. The number of nitrogen functional groups attached to an aromatic ring is 1. The van der Waals surface area contributed by atoms with Crippen molar-refractivity contribution in [2.24, 2.45) is 0 Å². The van der Waals surface area contributed by atoms with Crippen LogP contribution in [0.2, 0.25) is 0 Å². The van der Waals surface area contributed by atoms with Crippen LogP contribution in [0.1, 0.15) is 32.6 Å². The van der Waals surface area contributed by atoms with Crippen molar-refractivity contribution < 1.29 is 17.9 Å². The molecule has 0 heterocycles. The number of hydrogen-bond acceptors (Lipinski definition) is 5. The third kappa shape index (κ3) is 4.78. The molecule has 0 aliphatic heterocycles. The van der Waals surface area contributed by atoms with E-state index >= 15 is 0 Å². The van der Waals surface area contributed by atoms with Crippen molar-refractivity contribution in [3.05, 3.63) is 12.1 Å². The van der Waals surface area contributed by atoms with Gasteiger partial charge in [0.1, 0.15) is 16.4 Å². The number of sulfonamides is 1. The summed E-state index contributed by atoms with van der Waals surface area (Å²) in [5, 5.41) is 0. The van der Waals surface area contributed by atoms with Gasteiger partial charge in [0.15, 0.2) is 0 Å². The van der Waals surface area contributed by atoms with E-state index in [9.17, 15) is 8.42 Å². The van der Waals surface area contributed by atoms with Crippen molar-refractivity contribution in [3.8, 4) is 11.5 Å². The number of nitrogens with one attached hydrogen (secondary N) is 1. The fourth-order valence-electron chi connectivity index (χ4n) is 1.94. The van der Waals surface area contributed by atoms with E-state index in [1.54, 1.807) is 0 Å². The predicted molar refractivity (Wildman–Crippen MR) is 83.3 cm³/mol. The Morgan fingerprint density at radius 2 is 1.76 bits per heavy atom. The van der Waals surface area contributed by atoms with Gasteiger partial charge in [-0.1, -0.05) is 26.2 Å². The Balaban J connectivity index is 2.89. The Morgan fingerprint density at radius 1 is 1.10 bits per heavy atom. The van der Waals surface area contributed by atoms with Crippen molar-refractivity contribution in [1.82, 2.24) is 4.72 Å². The molecule has 6 nitrogen and oxygen atoms in total. The molecule has 120 valence electrons. The van der Waals surface area contributed by atoms with E-state index in [1.165, 1.54) is 26.4 Å². The summed E-state index contributed by atoms with van der Waals surface area (Å²) in [6, 6.07) is 2.83. The second-order valence-corrected chi connectivity index (χ2v) is 6.44. The number of anilines is 1. The quantitative estimate of drug-likeness (QED) is 0.538. The molecule has 0 saturated heterocycles. The standard InChI is InChI=1S/C14H24N2O4S/c1-4-5-6-7-8-16-21(17,18)14-9-11(15)12(19-2)10-13(14)20-3/h9-10,16H,4-8,15H2,1-3H3. The highest BCUT2D eigenvalue weighted by atomic mass is 32.2. The third-order valence-corrected chi connectivity index (χ3v) is 4.61. The highest BCUT2D eigenvalue weighted by Gasteiger charge is 2.21. The molecule has 0 bridgehead atoms. The molecule has 0 spiro atoms. The molecular weight excluding hydrogens is 292 g/mol. The average molecular weight is 316 g/mol. The summed E-state index contributed by atoms with van der Waals surface area (Å²) in [7, 11) is -0.777. The molecule has 1 aromatic carbocycles. The minimum Gasteiger partial charge on any atom is -0.495 e.